The van der Waals surface area contributed by atoms with Gasteiger partial charge in [0.15, 0.2) is 0 Å². The monoisotopic (exact) mass is 333 g/mol. The van der Waals surface area contributed by atoms with Crippen LogP contribution in [0, 0.1) is 5.41 Å². The number of nitrogens with zero attached hydrogens (tertiary/aromatic N) is 5. The molecule has 0 spiro atoms. The molecule has 1 atom stereocenters. The number of rotatable bonds is 4. The van der Waals surface area contributed by atoms with Crippen LogP contribution in [0.2, 0.25) is 0 Å². The van der Waals surface area contributed by atoms with E-state index in [0.717, 1.165) is 18.9 Å². The van der Waals surface area contributed by atoms with Crippen molar-refractivity contribution in [2.45, 2.75) is 65.3 Å². The van der Waals surface area contributed by atoms with Gasteiger partial charge < -0.3 is 9.47 Å². The number of aromatic nitrogens is 3. The first kappa shape index (κ1) is 17.9. The minimum atomic E-state index is 0.362. The van der Waals surface area contributed by atoms with Gasteiger partial charge in [-0.05, 0) is 50.7 Å². The van der Waals surface area contributed by atoms with Crippen LogP contribution in [0.4, 0.5) is 0 Å². The Balaban J connectivity index is 1.64. The summed E-state index contributed by atoms with van der Waals surface area (Å²) >= 11 is 0. The van der Waals surface area contributed by atoms with Crippen molar-refractivity contribution in [3.8, 4) is 0 Å². The number of piperidine rings is 2. The van der Waals surface area contributed by atoms with Gasteiger partial charge in [0.05, 0.1) is 6.54 Å². The van der Waals surface area contributed by atoms with Crippen molar-refractivity contribution < 1.29 is 0 Å². The Hall–Kier alpha value is -0.940. The molecular weight excluding hydrogens is 298 g/mol. The van der Waals surface area contributed by atoms with Gasteiger partial charge in [-0.1, -0.05) is 27.2 Å². The van der Waals surface area contributed by atoms with Gasteiger partial charge >= 0.3 is 0 Å². The van der Waals surface area contributed by atoms with E-state index in [1.807, 2.05) is 0 Å². The minimum Gasteiger partial charge on any atom is -0.317 e. The molecule has 0 aromatic carbocycles. The number of hydrogen-bond acceptors (Lipinski definition) is 4. The van der Waals surface area contributed by atoms with E-state index in [0.29, 0.717) is 11.3 Å². The maximum Gasteiger partial charge on any atom is 0.146 e. The summed E-state index contributed by atoms with van der Waals surface area (Å²) in [4.78, 5) is 5.15. The van der Waals surface area contributed by atoms with Crippen LogP contribution in [0.1, 0.15) is 70.4 Å². The third-order valence-corrected chi connectivity index (χ3v) is 5.38. The van der Waals surface area contributed by atoms with Crippen molar-refractivity contribution in [3.63, 3.8) is 0 Å². The Morgan fingerprint density at radius 1 is 0.958 bits per heavy atom. The van der Waals surface area contributed by atoms with Gasteiger partial charge in [0, 0.05) is 26.1 Å². The molecule has 0 N–H and O–H groups in total. The predicted octanol–water partition coefficient (Wildman–Crippen LogP) is 3.03. The lowest BCUT2D eigenvalue weighted by Gasteiger charge is -2.36. The highest BCUT2D eigenvalue weighted by molar-refractivity contribution is 5.04. The standard InChI is InChI=1S/C19H35N5/c1-19(2,3)15-24-12-8-9-16(13-24)18-21-20-17(22(18)4)14-23-10-6-5-7-11-23/h16H,5-15H2,1-4H3/t16-/m1/s1. The Kier molecular flexibility index (Phi) is 5.60. The summed E-state index contributed by atoms with van der Waals surface area (Å²) < 4.78 is 2.28. The summed E-state index contributed by atoms with van der Waals surface area (Å²) in [6, 6.07) is 0. The maximum absolute atomic E-state index is 4.60. The zero-order valence-electron chi connectivity index (χ0n) is 16.1. The summed E-state index contributed by atoms with van der Waals surface area (Å²) in [7, 11) is 2.16. The molecule has 3 heterocycles. The van der Waals surface area contributed by atoms with Crippen LogP contribution >= 0.6 is 0 Å². The quantitative estimate of drug-likeness (QED) is 0.849. The van der Waals surface area contributed by atoms with Gasteiger partial charge in [-0.15, -0.1) is 10.2 Å². The molecule has 2 saturated heterocycles. The summed E-state index contributed by atoms with van der Waals surface area (Å²) in [5.74, 6) is 2.87. The molecule has 3 rings (SSSR count). The first-order chi connectivity index (χ1) is 11.4. The predicted molar refractivity (Wildman–Crippen MR) is 98.0 cm³/mol. The molecule has 0 amide bonds. The summed E-state index contributed by atoms with van der Waals surface area (Å²) in [6.45, 7) is 13.9. The van der Waals surface area contributed by atoms with Crippen LogP contribution in [-0.2, 0) is 13.6 Å². The van der Waals surface area contributed by atoms with Crippen LogP contribution in [0.5, 0.6) is 0 Å². The molecule has 24 heavy (non-hydrogen) atoms. The van der Waals surface area contributed by atoms with Crippen LogP contribution in [0.3, 0.4) is 0 Å². The van der Waals surface area contributed by atoms with E-state index in [-0.39, 0.29) is 0 Å². The summed E-state index contributed by atoms with van der Waals surface area (Å²) in [6.07, 6.45) is 6.56. The van der Waals surface area contributed by atoms with E-state index in [1.54, 1.807) is 0 Å². The van der Waals surface area contributed by atoms with E-state index in [9.17, 15) is 0 Å². The SMILES string of the molecule is Cn1c(CN2CCCCC2)nnc1[C@@H]1CCCN(CC(C)(C)C)C1. The maximum atomic E-state index is 4.60. The molecule has 0 saturated carbocycles. The van der Waals surface area contributed by atoms with E-state index in [2.05, 4.69) is 52.4 Å². The summed E-state index contributed by atoms with van der Waals surface area (Å²) in [5.41, 5.74) is 0.362. The first-order valence-corrected chi connectivity index (χ1v) is 9.75. The topological polar surface area (TPSA) is 37.2 Å². The van der Waals surface area contributed by atoms with Gasteiger partial charge in [-0.3, -0.25) is 4.90 Å². The van der Waals surface area contributed by atoms with E-state index in [4.69, 9.17) is 0 Å². The first-order valence-electron chi connectivity index (χ1n) is 9.75. The second-order valence-corrected chi connectivity index (χ2v) is 9.01. The third kappa shape index (κ3) is 4.57. The molecule has 0 radical (unpaired) electrons. The zero-order valence-corrected chi connectivity index (χ0v) is 16.1. The van der Waals surface area contributed by atoms with Crippen molar-refractivity contribution in [1.82, 2.24) is 24.6 Å². The number of likely N-dealkylation sites (tertiary alicyclic amines) is 2. The molecule has 136 valence electrons. The van der Waals surface area contributed by atoms with Gasteiger partial charge in [-0.25, -0.2) is 0 Å². The highest BCUT2D eigenvalue weighted by atomic mass is 15.3. The molecule has 0 bridgehead atoms. The Bertz CT molecular complexity index is 524. The van der Waals surface area contributed by atoms with Crippen molar-refractivity contribution in [2.24, 2.45) is 12.5 Å². The molecule has 1 aromatic heterocycles. The Morgan fingerprint density at radius 3 is 2.38 bits per heavy atom. The Morgan fingerprint density at radius 2 is 1.67 bits per heavy atom. The highest BCUT2D eigenvalue weighted by Gasteiger charge is 2.28. The van der Waals surface area contributed by atoms with Crippen LogP contribution in [-0.4, -0.2) is 57.3 Å². The summed E-state index contributed by atoms with van der Waals surface area (Å²) in [5, 5.41) is 9.13. The van der Waals surface area contributed by atoms with Crippen molar-refractivity contribution >= 4 is 0 Å². The molecule has 5 nitrogen and oxygen atoms in total. The fourth-order valence-electron chi connectivity index (χ4n) is 4.27. The average Bonchev–Trinajstić information content (AvgIpc) is 2.88. The molecule has 0 unspecified atom stereocenters. The normalized spacial score (nSPS) is 24.4. The molecule has 2 aliphatic heterocycles. The molecule has 2 aliphatic rings. The fraction of sp³-hybridized carbons (Fsp3) is 0.895. The Labute approximate surface area is 147 Å². The van der Waals surface area contributed by atoms with Crippen molar-refractivity contribution in [1.29, 1.82) is 0 Å². The average molecular weight is 334 g/mol. The smallest absolute Gasteiger partial charge is 0.146 e. The minimum absolute atomic E-state index is 0.362. The second-order valence-electron chi connectivity index (χ2n) is 9.01. The van der Waals surface area contributed by atoms with E-state index >= 15 is 0 Å². The molecule has 2 fully saturated rings. The zero-order chi connectivity index (χ0) is 17.2. The van der Waals surface area contributed by atoms with E-state index in [1.165, 1.54) is 64.1 Å². The second kappa shape index (κ2) is 7.52. The molecular formula is C19H35N5. The molecule has 0 aliphatic carbocycles. The van der Waals surface area contributed by atoms with Crippen LogP contribution < -0.4 is 0 Å². The van der Waals surface area contributed by atoms with Crippen LogP contribution in [0.15, 0.2) is 0 Å². The van der Waals surface area contributed by atoms with Gasteiger partial charge in [0.2, 0.25) is 0 Å². The lowest BCUT2D eigenvalue weighted by atomic mass is 9.92. The highest BCUT2D eigenvalue weighted by Crippen LogP contribution is 2.28. The largest absolute Gasteiger partial charge is 0.317 e. The van der Waals surface area contributed by atoms with Crippen LogP contribution in [0.25, 0.3) is 0 Å². The van der Waals surface area contributed by atoms with Gasteiger partial charge in [-0.2, -0.15) is 0 Å². The molecule has 1 aromatic rings. The van der Waals surface area contributed by atoms with Crippen molar-refractivity contribution in [2.75, 3.05) is 32.7 Å². The van der Waals surface area contributed by atoms with Gasteiger partial charge in [0.1, 0.15) is 11.6 Å². The molecule has 5 heteroatoms. The lowest BCUT2D eigenvalue weighted by Crippen LogP contribution is -2.40. The lowest BCUT2D eigenvalue weighted by molar-refractivity contribution is 0.147. The van der Waals surface area contributed by atoms with Gasteiger partial charge in [0.25, 0.3) is 0 Å². The number of hydrogen-bond donors (Lipinski definition) is 0. The third-order valence-electron chi connectivity index (χ3n) is 5.38. The van der Waals surface area contributed by atoms with Crippen molar-refractivity contribution in [3.05, 3.63) is 11.6 Å². The van der Waals surface area contributed by atoms with E-state index < -0.39 is 0 Å². The fourth-order valence-corrected chi connectivity index (χ4v) is 4.27.